The molecule has 0 spiro atoms. The number of hydrogen-bond donors (Lipinski definition) is 2. The van der Waals surface area contributed by atoms with Crippen molar-refractivity contribution in [3.8, 4) is 0 Å². The lowest BCUT2D eigenvalue weighted by Gasteiger charge is -2.06. The number of halogens is 1. The van der Waals surface area contributed by atoms with Crippen molar-refractivity contribution >= 4 is 23.3 Å². The van der Waals surface area contributed by atoms with Crippen molar-refractivity contribution < 1.29 is 9.53 Å². The topological polar surface area (TPSA) is 76.1 Å². The lowest BCUT2D eigenvalue weighted by atomic mass is 10.5. The molecule has 0 aliphatic rings. The van der Waals surface area contributed by atoms with Crippen LogP contribution in [0.4, 0.5) is 5.82 Å². The fourth-order valence-corrected chi connectivity index (χ4v) is 1.11. The smallest absolute Gasteiger partial charge is 0.239 e. The van der Waals surface area contributed by atoms with Gasteiger partial charge in [0.05, 0.1) is 13.2 Å². The van der Waals surface area contributed by atoms with Crippen LogP contribution in [0.15, 0.2) is 12.3 Å². The molecule has 0 fully saturated rings. The number of rotatable bonds is 6. The van der Waals surface area contributed by atoms with E-state index >= 15 is 0 Å². The molecule has 0 radical (unpaired) electrons. The van der Waals surface area contributed by atoms with Crippen LogP contribution in [0.25, 0.3) is 0 Å². The van der Waals surface area contributed by atoms with E-state index in [1.54, 1.807) is 13.2 Å². The highest BCUT2D eigenvalue weighted by Gasteiger charge is 2.01. The minimum absolute atomic E-state index is 0.133. The number of amides is 1. The molecule has 0 atom stereocenters. The summed E-state index contributed by atoms with van der Waals surface area (Å²) >= 11 is 5.58. The summed E-state index contributed by atoms with van der Waals surface area (Å²) in [4.78, 5) is 18.9. The molecule has 0 unspecified atom stereocenters. The zero-order valence-corrected chi connectivity index (χ0v) is 9.62. The van der Waals surface area contributed by atoms with Gasteiger partial charge < -0.3 is 15.4 Å². The van der Waals surface area contributed by atoms with Crippen molar-refractivity contribution in [2.75, 3.05) is 32.1 Å². The number of aromatic nitrogens is 2. The molecular formula is C9H13ClN4O2. The highest BCUT2D eigenvalue weighted by atomic mass is 35.5. The summed E-state index contributed by atoms with van der Waals surface area (Å²) in [6.07, 6.45) is 1.51. The quantitative estimate of drug-likeness (QED) is 0.556. The molecule has 0 saturated heterocycles. The molecule has 88 valence electrons. The van der Waals surface area contributed by atoms with E-state index < -0.39 is 0 Å². The largest absolute Gasteiger partial charge is 0.383 e. The third kappa shape index (κ3) is 4.90. The monoisotopic (exact) mass is 244 g/mol. The van der Waals surface area contributed by atoms with E-state index in [-0.39, 0.29) is 17.7 Å². The second kappa shape index (κ2) is 6.97. The van der Waals surface area contributed by atoms with Crippen LogP contribution in [-0.2, 0) is 9.53 Å². The Kier molecular flexibility index (Phi) is 5.52. The van der Waals surface area contributed by atoms with E-state index in [1.165, 1.54) is 6.20 Å². The Labute approximate surface area is 98.4 Å². The van der Waals surface area contributed by atoms with E-state index in [4.69, 9.17) is 16.3 Å². The summed E-state index contributed by atoms with van der Waals surface area (Å²) in [6, 6.07) is 1.63. The van der Waals surface area contributed by atoms with Crippen LogP contribution in [0.5, 0.6) is 0 Å². The van der Waals surface area contributed by atoms with Gasteiger partial charge in [-0.15, -0.1) is 0 Å². The zero-order chi connectivity index (χ0) is 11.8. The Morgan fingerprint density at radius 2 is 2.44 bits per heavy atom. The summed E-state index contributed by atoms with van der Waals surface area (Å²) in [5.41, 5.74) is 0. The van der Waals surface area contributed by atoms with Gasteiger partial charge >= 0.3 is 0 Å². The first-order valence-corrected chi connectivity index (χ1v) is 5.08. The summed E-state index contributed by atoms with van der Waals surface area (Å²) < 4.78 is 4.80. The van der Waals surface area contributed by atoms with Crippen LogP contribution in [0.3, 0.4) is 0 Å². The lowest BCUT2D eigenvalue weighted by Crippen LogP contribution is -2.32. The standard InChI is InChI=1S/C9H13ClN4O2/c1-16-5-4-11-8(15)6-13-7-2-3-12-9(10)14-7/h2-3H,4-6H2,1H3,(H,11,15)(H,12,13,14). The van der Waals surface area contributed by atoms with Crippen LogP contribution in [0, 0.1) is 0 Å². The van der Waals surface area contributed by atoms with E-state index in [0.717, 1.165) is 0 Å². The minimum Gasteiger partial charge on any atom is -0.383 e. The van der Waals surface area contributed by atoms with Crippen LogP contribution in [0.1, 0.15) is 0 Å². The number of methoxy groups -OCH3 is 1. The summed E-state index contributed by atoms with van der Waals surface area (Å²) in [6.45, 7) is 1.11. The molecule has 16 heavy (non-hydrogen) atoms. The van der Waals surface area contributed by atoms with E-state index in [1.807, 2.05) is 0 Å². The fourth-order valence-electron chi connectivity index (χ4n) is 0.959. The summed E-state index contributed by atoms with van der Waals surface area (Å²) in [5, 5.41) is 5.63. The van der Waals surface area contributed by atoms with Crippen LogP contribution in [0.2, 0.25) is 5.28 Å². The van der Waals surface area contributed by atoms with Gasteiger partial charge in [0.15, 0.2) is 0 Å². The zero-order valence-electron chi connectivity index (χ0n) is 8.86. The third-order valence-corrected chi connectivity index (χ3v) is 1.87. The number of carbonyl (C=O) groups is 1. The predicted molar refractivity (Wildman–Crippen MR) is 60.4 cm³/mol. The van der Waals surface area contributed by atoms with Gasteiger partial charge in [0.2, 0.25) is 11.2 Å². The summed E-state index contributed by atoms with van der Waals surface area (Å²) in [5.74, 6) is 0.383. The molecule has 1 aromatic heterocycles. The average molecular weight is 245 g/mol. The number of carbonyl (C=O) groups excluding carboxylic acids is 1. The van der Waals surface area contributed by atoms with E-state index in [2.05, 4.69) is 20.6 Å². The van der Waals surface area contributed by atoms with Gasteiger partial charge in [0.25, 0.3) is 0 Å². The molecule has 0 saturated carbocycles. The van der Waals surface area contributed by atoms with Crippen molar-refractivity contribution in [1.29, 1.82) is 0 Å². The molecule has 6 nitrogen and oxygen atoms in total. The first-order valence-electron chi connectivity index (χ1n) is 4.70. The predicted octanol–water partition coefficient (Wildman–Crippen LogP) is 0.304. The Morgan fingerprint density at radius 1 is 1.62 bits per heavy atom. The molecule has 7 heteroatoms. The van der Waals surface area contributed by atoms with Gasteiger partial charge in [-0.1, -0.05) is 0 Å². The molecule has 1 heterocycles. The van der Waals surface area contributed by atoms with Gasteiger partial charge in [-0.25, -0.2) is 9.97 Å². The molecule has 0 aromatic carbocycles. The van der Waals surface area contributed by atoms with Gasteiger partial charge in [-0.2, -0.15) is 0 Å². The lowest BCUT2D eigenvalue weighted by molar-refractivity contribution is -0.119. The van der Waals surface area contributed by atoms with Crippen molar-refractivity contribution in [3.05, 3.63) is 17.5 Å². The molecule has 1 amide bonds. The van der Waals surface area contributed by atoms with Crippen molar-refractivity contribution in [2.24, 2.45) is 0 Å². The van der Waals surface area contributed by atoms with Crippen molar-refractivity contribution in [2.45, 2.75) is 0 Å². The second-order valence-corrected chi connectivity index (χ2v) is 3.25. The van der Waals surface area contributed by atoms with E-state index in [0.29, 0.717) is 19.0 Å². The van der Waals surface area contributed by atoms with Crippen LogP contribution >= 0.6 is 11.6 Å². The highest BCUT2D eigenvalue weighted by molar-refractivity contribution is 6.28. The number of hydrogen-bond acceptors (Lipinski definition) is 5. The maximum atomic E-state index is 11.3. The SMILES string of the molecule is COCCNC(=O)CNc1ccnc(Cl)n1. The molecule has 1 rings (SSSR count). The van der Waals surface area contributed by atoms with Crippen molar-refractivity contribution in [3.63, 3.8) is 0 Å². The third-order valence-electron chi connectivity index (χ3n) is 1.68. The number of nitrogens with zero attached hydrogens (tertiary/aromatic N) is 2. The van der Waals surface area contributed by atoms with Crippen LogP contribution in [-0.4, -0.2) is 42.7 Å². The van der Waals surface area contributed by atoms with Gasteiger partial charge in [-0.05, 0) is 17.7 Å². The molecule has 0 aliphatic heterocycles. The average Bonchev–Trinajstić information content (AvgIpc) is 2.27. The molecular weight excluding hydrogens is 232 g/mol. The Morgan fingerprint density at radius 3 is 3.12 bits per heavy atom. The first-order chi connectivity index (χ1) is 7.72. The van der Waals surface area contributed by atoms with Crippen LogP contribution < -0.4 is 10.6 Å². The number of anilines is 1. The normalized spacial score (nSPS) is 9.88. The van der Waals surface area contributed by atoms with Gasteiger partial charge in [-0.3, -0.25) is 4.79 Å². The molecule has 0 aliphatic carbocycles. The van der Waals surface area contributed by atoms with Gasteiger partial charge in [0.1, 0.15) is 5.82 Å². The highest BCUT2D eigenvalue weighted by Crippen LogP contribution is 2.04. The second-order valence-electron chi connectivity index (χ2n) is 2.91. The Hall–Kier alpha value is -1.40. The number of ether oxygens (including phenoxy) is 1. The van der Waals surface area contributed by atoms with Crippen molar-refractivity contribution in [1.82, 2.24) is 15.3 Å². The maximum Gasteiger partial charge on any atom is 0.239 e. The Bertz CT molecular complexity index is 348. The molecule has 0 bridgehead atoms. The Balaban J connectivity index is 2.26. The summed E-state index contributed by atoms with van der Waals surface area (Å²) in [7, 11) is 1.58. The first kappa shape index (κ1) is 12.7. The molecule has 2 N–H and O–H groups in total. The maximum absolute atomic E-state index is 11.3. The minimum atomic E-state index is -0.133. The fraction of sp³-hybridized carbons (Fsp3) is 0.444. The number of nitrogens with one attached hydrogen (secondary N) is 2. The van der Waals surface area contributed by atoms with E-state index in [9.17, 15) is 4.79 Å². The molecule has 1 aromatic rings. The van der Waals surface area contributed by atoms with Gasteiger partial charge in [0, 0.05) is 19.9 Å².